The third-order valence-corrected chi connectivity index (χ3v) is 5.30. The van der Waals surface area contributed by atoms with E-state index in [2.05, 4.69) is 22.4 Å². The quantitative estimate of drug-likeness (QED) is 0.827. The van der Waals surface area contributed by atoms with Crippen molar-refractivity contribution in [3.8, 4) is 0 Å². The summed E-state index contributed by atoms with van der Waals surface area (Å²) in [6.07, 6.45) is 8.03. The Labute approximate surface area is 153 Å². The van der Waals surface area contributed by atoms with E-state index < -0.39 is 0 Å². The van der Waals surface area contributed by atoms with Gasteiger partial charge in [-0.25, -0.2) is 4.98 Å². The van der Waals surface area contributed by atoms with Crippen molar-refractivity contribution in [3.63, 3.8) is 0 Å². The number of amides is 1. The molecule has 2 aromatic rings. The zero-order valence-electron chi connectivity index (χ0n) is 14.8. The molecule has 1 amide bonds. The number of ether oxygens (including phenoxy) is 2. The second kappa shape index (κ2) is 7.60. The summed E-state index contributed by atoms with van der Waals surface area (Å²) in [6.45, 7) is 2.42. The maximum atomic E-state index is 12.9. The highest BCUT2D eigenvalue weighted by atomic mass is 16.5. The molecule has 0 radical (unpaired) electrons. The Kier molecular flexibility index (Phi) is 5.04. The second-order valence-corrected chi connectivity index (χ2v) is 7.29. The average molecular weight is 355 g/mol. The van der Waals surface area contributed by atoms with Gasteiger partial charge in [0.2, 0.25) is 5.91 Å². The largest absolute Gasteiger partial charge is 0.379 e. The molecule has 6 nitrogen and oxygen atoms in total. The van der Waals surface area contributed by atoms with Crippen LogP contribution >= 0.6 is 0 Å². The normalized spacial score (nSPS) is 24.2. The van der Waals surface area contributed by atoms with Crippen LogP contribution in [0.4, 0.5) is 0 Å². The van der Waals surface area contributed by atoms with Gasteiger partial charge in [0, 0.05) is 25.5 Å². The summed E-state index contributed by atoms with van der Waals surface area (Å²) in [5.74, 6) is 0.106. The fourth-order valence-corrected chi connectivity index (χ4v) is 3.49. The number of nitrogens with zero attached hydrogens (tertiary/aromatic N) is 2. The lowest BCUT2D eigenvalue weighted by atomic mass is 10.0. The van der Waals surface area contributed by atoms with Gasteiger partial charge >= 0.3 is 0 Å². The van der Waals surface area contributed by atoms with Crippen LogP contribution in [0.5, 0.6) is 0 Å². The van der Waals surface area contributed by atoms with Crippen LogP contribution < -0.4 is 5.32 Å². The molecule has 1 aromatic carbocycles. The molecule has 4 rings (SSSR count). The summed E-state index contributed by atoms with van der Waals surface area (Å²) in [6, 6.07) is 10.0. The first-order valence-electron chi connectivity index (χ1n) is 9.25. The summed E-state index contributed by atoms with van der Waals surface area (Å²) in [5, 5.41) is 3.20. The number of rotatable bonds is 7. The molecule has 1 N–H and O–H groups in total. The van der Waals surface area contributed by atoms with Crippen LogP contribution in [0.2, 0.25) is 0 Å². The monoisotopic (exact) mass is 355 g/mol. The van der Waals surface area contributed by atoms with E-state index in [-0.39, 0.29) is 23.5 Å². The van der Waals surface area contributed by atoms with E-state index in [1.54, 1.807) is 12.5 Å². The van der Waals surface area contributed by atoms with Crippen molar-refractivity contribution in [2.45, 2.75) is 44.6 Å². The number of aromatic nitrogens is 2. The first-order chi connectivity index (χ1) is 12.8. The Bertz CT molecular complexity index is 713. The summed E-state index contributed by atoms with van der Waals surface area (Å²) in [7, 11) is 0. The van der Waals surface area contributed by atoms with Crippen LogP contribution in [0.1, 0.15) is 24.8 Å². The van der Waals surface area contributed by atoms with Crippen molar-refractivity contribution in [2.75, 3.05) is 13.2 Å². The first kappa shape index (κ1) is 17.2. The molecule has 1 saturated carbocycles. The molecular weight excluding hydrogens is 330 g/mol. The Morgan fingerprint density at radius 1 is 1.35 bits per heavy atom. The maximum absolute atomic E-state index is 12.9. The summed E-state index contributed by atoms with van der Waals surface area (Å²) in [5.41, 5.74) is 0.838. The van der Waals surface area contributed by atoms with Gasteiger partial charge in [0.15, 0.2) is 0 Å². The fraction of sp³-hybridized carbons (Fsp3) is 0.500. The van der Waals surface area contributed by atoms with Crippen LogP contribution in [0.15, 0.2) is 49.1 Å². The minimum atomic E-state index is -0.303. The number of benzene rings is 1. The molecular formula is C20H25N3O3. The zero-order chi connectivity index (χ0) is 17.8. The van der Waals surface area contributed by atoms with Crippen LogP contribution in [-0.4, -0.2) is 40.8 Å². The van der Waals surface area contributed by atoms with Crippen LogP contribution in [0.25, 0.3) is 0 Å². The Morgan fingerprint density at radius 3 is 2.92 bits per heavy atom. The van der Waals surface area contributed by atoms with Gasteiger partial charge < -0.3 is 19.4 Å². The molecule has 0 spiro atoms. The van der Waals surface area contributed by atoms with Gasteiger partial charge in [0.05, 0.1) is 37.1 Å². The summed E-state index contributed by atoms with van der Waals surface area (Å²) in [4.78, 5) is 17.0. The van der Waals surface area contributed by atoms with E-state index in [9.17, 15) is 4.79 Å². The molecule has 138 valence electrons. The smallest absolute Gasteiger partial charge is 0.228 e. The molecule has 26 heavy (non-hydrogen) atoms. The standard InChI is InChI=1S/C20H25N3O3/c24-19(20(7-8-20)14-23-10-9-21-15-23)22-17-13-25-11-6-18(17)26-12-16-4-2-1-3-5-16/h1-5,9-10,15,17-18H,6-8,11-14H2,(H,22,24). The molecule has 2 aliphatic rings. The molecule has 2 heterocycles. The number of hydrogen-bond acceptors (Lipinski definition) is 4. The van der Waals surface area contributed by atoms with Gasteiger partial charge in [-0.1, -0.05) is 30.3 Å². The molecule has 2 unspecified atom stereocenters. The van der Waals surface area contributed by atoms with E-state index in [1.165, 1.54) is 0 Å². The van der Waals surface area contributed by atoms with Gasteiger partial charge in [0.1, 0.15) is 0 Å². The van der Waals surface area contributed by atoms with E-state index in [1.807, 2.05) is 29.0 Å². The van der Waals surface area contributed by atoms with Gasteiger partial charge in [0.25, 0.3) is 0 Å². The summed E-state index contributed by atoms with van der Waals surface area (Å²) >= 11 is 0. The molecule has 0 bridgehead atoms. The third-order valence-electron chi connectivity index (χ3n) is 5.30. The number of nitrogens with one attached hydrogen (secondary N) is 1. The van der Waals surface area contributed by atoms with Crippen molar-refractivity contribution < 1.29 is 14.3 Å². The molecule has 1 aliphatic carbocycles. The zero-order valence-corrected chi connectivity index (χ0v) is 14.8. The third kappa shape index (κ3) is 3.97. The Hall–Kier alpha value is -2.18. The second-order valence-electron chi connectivity index (χ2n) is 7.29. The maximum Gasteiger partial charge on any atom is 0.228 e. The van der Waals surface area contributed by atoms with Gasteiger partial charge in [-0.05, 0) is 24.8 Å². The molecule has 1 saturated heterocycles. The molecule has 1 aromatic heterocycles. The highest BCUT2D eigenvalue weighted by molar-refractivity contribution is 5.85. The number of imidazole rings is 1. The van der Waals surface area contributed by atoms with Crippen molar-refractivity contribution in [2.24, 2.45) is 5.41 Å². The van der Waals surface area contributed by atoms with E-state index in [0.29, 0.717) is 26.4 Å². The Morgan fingerprint density at radius 2 is 2.19 bits per heavy atom. The van der Waals surface area contributed by atoms with Crippen LogP contribution in [-0.2, 0) is 27.4 Å². The lowest BCUT2D eigenvalue weighted by Crippen LogP contribution is -2.52. The van der Waals surface area contributed by atoms with E-state index >= 15 is 0 Å². The molecule has 2 atom stereocenters. The van der Waals surface area contributed by atoms with Crippen LogP contribution in [0.3, 0.4) is 0 Å². The van der Waals surface area contributed by atoms with Crippen molar-refractivity contribution >= 4 is 5.91 Å². The topological polar surface area (TPSA) is 65.4 Å². The predicted molar refractivity (Wildman–Crippen MR) is 96.3 cm³/mol. The lowest BCUT2D eigenvalue weighted by molar-refractivity contribution is -0.132. The van der Waals surface area contributed by atoms with Gasteiger partial charge in [-0.3, -0.25) is 4.79 Å². The Balaban J connectivity index is 1.35. The minimum Gasteiger partial charge on any atom is -0.379 e. The first-order valence-corrected chi connectivity index (χ1v) is 9.25. The highest BCUT2D eigenvalue weighted by Gasteiger charge is 2.51. The molecule has 6 heteroatoms. The van der Waals surface area contributed by atoms with Gasteiger partial charge in [-0.15, -0.1) is 0 Å². The summed E-state index contributed by atoms with van der Waals surface area (Å²) < 4.78 is 13.7. The van der Waals surface area contributed by atoms with Crippen molar-refractivity contribution in [3.05, 3.63) is 54.6 Å². The van der Waals surface area contributed by atoms with Gasteiger partial charge in [-0.2, -0.15) is 0 Å². The average Bonchev–Trinajstić information content (AvgIpc) is 3.28. The van der Waals surface area contributed by atoms with E-state index in [4.69, 9.17) is 9.47 Å². The van der Waals surface area contributed by atoms with Crippen molar-refractivity contribution in [1.29, 1.82) is 0 Å². The van der Waals surface area contributed by atoms with Crippen LogP contribution in [0, 0.1) is 5.41 Å². The highest BCUT2D eigenvalue weighted by Crippen LogP contribution is 2.47. The number of hydrogen-bond donors (Lipinski definition) is 1. The van der Waals surface area contributed by atoms with E-state index in [0.717, 1.165) is 24.8 Å². The number of carbonyl (C=O) groups is 1. The SMILES string of the molecule is O=C(NC1COCCC1OCc1ccccc1)C1(Cn2ccnc2)CC1. The molecule has 1 aliphatic heterocycles. The predicted octanol–water partition coefficient (Wildman–Crippen LogP) is 2.15. The lowest BCUT2D eigenvalue weighted by Gasteiger charge is -2.33. The van der Waals surface area contributed by atoms with Crippen molar-refractivity contribution in [1.82, 2.24) is 14.9 Å². The minimum absolute atomic E-state index is 0.0167. The fourth-order valence-electron chi connectivity index (χ4n) is 3.49. The molecule has 2 fully saturated rings. The number of carbonyl (C=O) groups excluding carboxylic acids is 1.